The van der Waals surface area contributed by atoms with Crippen LogP contribution in [-0.2, 0) is 16.4 Å². The summed E-state index contributed by atoms with van der Waals surface area (Å²) in [6.45, 7) is 2.59. The molecule has 0 atom stereocenters. The number of benzene rings is 1. The molecular weight excluding hydrogens is 378 g/mol. The molecule has 28 heavy (non-hydrogen) atoms. The standard InChI is InChI=1S/C19H19N5O3S/c1-13-17(18-20-8-4-9-23(18)21-13)19(25)22-11-15(12-22)28(26,27)24-10-7-14-5-2-3-6-16(14)24/h2-6,8-9,15H,7,10-12H2,1H3. The second kappa shape index (κ2) is 6.03. The van der Waals surface area contributed by atoms with Crippen molar-refractivity contribution in [1.29, 1.82) is 0 Å². The highest BCUT2D eigenvalue weighted by Gasteiger charge is 2.45. The molecule has 5 rings (SSSR count). The van der Waals surface area contributed by atoms with Gasteiger partial charge in [0.05, 0.1) is 11.4 Å². The van der Waals surface area contributed by atoms with Gasteiger partial charge in [0.15, 0.2) is 5.65 Å². The number of aryl methyl sites for hydroxylation is 1. The van der Waals surface area contributed by atoms with Crippen LogP contribution in [0.5, 0.6) is 0 Å². The lowest BCUT2D eigenvalue weighted by atomic mass is 10.1. The van der Waals surface area contributed by atoms with Gasteiger partial charge in [0.2, 0.25) is 10.0 Å². The molecule has 1 amide bonds. The Labute approximate surface area is 162 Å². The lowest BCUT2D eigenvalue weighted by Crippen LogP contribution is -2.60. The summed E-state index contributed by atoms with van der Waals surface area (Å²) in [4.78, 5) is 18.7. The Morgan fingerprint density at radius 1 is 1.18 bits per heavy atom. The normalized spacial score (nSPS) is 17.0. The van der Waals surface area contributed by atoms with Crippen LogP contribution in [0.2, 0.25) is 0 Å². The van der Waals surface area contributed by atoms with Crippen LogP contribution in [0.3, 0.4) is 0 Å². The highest BCUT2D eigenvalue weighted by Crippen LogP contribution is 2.33. The first-order valence-electron chi connectivity index (χ1n) is 9.15. The number of aromatic nitrogens is 3. The van der Waals surface area contributed by atoms with Crippen LogP contribution < -0.4 is 4.31 Å². The Bertz CT molecular complexity index is 1200. The molecule has 9 heteroatoms. The number of nitrogens with zero attached hydrogens (tertiary/aromatic N) is 5. The molecule has 0 bridgehead atoms. The largest absolute Gasteiger partial charge is 0.336 e. The van der Waals surface area contributed by atoms with Crippen LogP contribution in [0, 0.1) is 6.92 Å². The van der Waals surface area contributed by atoms with Crippen LogP contribution in [-0.4, -0.2) is 58.7 Å². The zero-order chi connectivity index (χ0) is 19.5. The van der Waals surface area contributed by atoms with Crippen molar-refractivity contribution in [3.05, 3.63) is 59.5 Å². The van der Waals surface area contributed by atoms with Crippen molar-refractivity contribution in [3.63, 3.8) is 0 Å². The summed E-state index contributed by atoms with van der Waals surface area (Å²) in [5.74, 6) is -0.223. The minimum Gasteiger partial charge on any atom is -0.336 e. The van der Waals surface area contributed by atoms with Crippen molar-refractivity contribution < 1.29 is 13.2 Å². The van der Waals surface area contributed by atoms with Crippen LogP contribution >= 0.6 is 0 Å². The molecule has 1 saturated heterocycles. The van der Waals surface area contributed by atoms with E-state index >= 15 is 0 Å². The molecule has 0 spiro atoms. The fourth-order valence-corrected chi connectivity index (χ4v) is 5.84. The predicted octanol–water partition coefficient (Wildman–Crippen LogP) is 1.25. The van der Waals surface area contributed by atoms with E-state index in [-0.39, 0.29) is 19.0 Å². The van der Waals surface area contributed by atoms with Crippen molar-refractivity contribution >= 4 is 27.3 Å². The molecule has 0 unspecified atom stereocenters. The highest BCUT2D eigenvalue weighted by atomic mass is 32.2. The van der Waals surface area contributed by atoms with Gasteiger partial charge in [0.1, 0.15) is 10.8 Å². The third kappa shape index (κ3) is 2.42. The van der Waals surface area contributed by atoms with E-state index in [0.29, 0.717) is 23.4 Å². The summed E-state index contributed by atoms with van der Waals surface area (Å²) in [5.41, 5.74) is 3.32. The minimum absolute atomic E-state index is 0.184. The van der Waals surface area contributed by atoms with Crippen LogP contribution in [0.25, 0.3) is 5.65 Å². The maximum absolute atomic E-state index is 13.1. The Morgan fingerprint density at radius 2 is 1.96 bits per heavy atom. The zero-order valence-electron chi connectivity index (χ0n) is 15.3. The van der Waals surface area contributed by atoms with Crippen LogP contribution in [0.4, 0.5) is 5.69 Å². The van der Waals surface area contributed by atoms with Gasteiger partial charge in [-0.05, 0) is 31.0 Å². The number of rotatable bonds is 3. The van der Waals surface area contributed by atoms with Gasteiger partial charge in [-0.15, -0.1) is 0 Å². The number of para-hydroxylation sites is 1. The van der Waals surface area contributed by atoms with Crippen molar-refractivity contribution in [2.24, 2.45) is 0 Å². The van der Waals surface area contributed by atoms with Gasteiger partial charge in [-0.2, -0.15) is 5.10 Å². The maximum atomic E-state index is 13.1. The average molecular weight is 397 g/mol. The average Bonchev–Trinajstić information content (AvgIpc) is 3.20. The molecule has 1 aromatic carbocycles. The number of amides is 1. The van der Waals surface area contributed by atoms with Crippen molar-refractivity contribution in [3.8, 4) is 0 Å². The lowest BCUT2D eigenvalue weighted by Gasteiger charge is -2.40. The van der Waals surface area contributed by atoms with Gasteiger partial charge in [-0.1, -0.05) is 18.2 Å². The van der Waals surface area contributed by atoms with E-state index in [9.17, 15) is 13.2 Å². The van der Waals surface area contributed by atoms with Crippen molar-refractivity contribution in [1.82, 2.24) is 19.5 Å². The van der Waals surface area contributed by atoms with E-state index in [2.05, 4.69) is 10.1 Å². The van der Waals surface area contributed by atoms with E-state index < -0.39 is 15.3 Å². The van der Waals surface area contributed by atoms with E-state index in [0.717, 1.165) is 17.7 Å². The number of likely N-dealkylation sites (tertiary alicyclic amines) is 1. The van der Waals surface area contributed by atoms with Crippen molar-refractivity contribution in [2.45, 2.75) is 18.6 Å². The first kappa shape index (κ1) is 17.2. The highest BCUT2D eigenvalue weighted by molar-refractivity contribution is 7.93. The monoisotopic (exact) mass is 397 g/mol. The zero-order valence-corrected chi connectivity index (χ0v) is 16.1. The fourth-order valence-electron chi connectivity index (χ4n) is 3.95. The Kier molecular flexibility index (Phi) is 3.70. The first-order chi connectivity index (χ1) is 13.5. The molecule has 2 aromatic heterocycles. The van der Waals surface area contributed by atoms with Gasteiger partial charge in [-0.3, -0.25) is 9.10 Å². The molecule has 4 heterocycles. The quantitative estimate of drug-likeness (QED) is 0.664. The molecule has 0 aliphatic carbocycles. The number of hydrogen-bond acceptors (Lipinski definition) is 5. The molecule has 2 aliphatic rings. The number of sulfonamides is 1. The summed E-state index contributed by atoms with van der Waals surface area (Å²) in [5, 5.41) is 3.73. The molecule has 0 saturated carbocycles. The van der Waals surface area contributed by atoms with E-state index in [1.807, 2.05) is 24.3 Å². The van der Waals surface area contributed by atoms with Crippen LogP contribution in [0.1, 0.15) is 21.6 Å². The third-order valence-electron chi connectivity index (χ3n) is 5.49. The molecule has 0 N–H and O–H groups in total. The lowest BCUT2D eigenvalue weighted by molar-refractivity contribution is 0.0660. The van der Waals surface area contributed by atoms with E-state index in [1.165, 1.54) is 4.31 Å². The molecule has 2 aliphatic heterocycles. The topological polar surface area (TPSA) is 87.9 Å². The number of carbonyl (C=O) groups excluding carboxylic acids is 1. The smallest absolute Gasteiger partial charge is 0.259 e. The van der Waals surface area contributed by atoms with E-state index in [4.69, 9.17) is 0 Å². The molecule has 0 radical (unpaired) electrons. The molecule has 1 fully saturated rings. The van der Waals surface area contributed by atoms with Gasteiger partial charge in [0.25, 0.3) is 5.91 Å². The second-order valence-electron chi connectivity index (χ2n) is 7.18. The number of anilines is 1. The Morgan fingerprint density at radius 3 is 2.79 bits per heavy atom. The predicted molar refractivity (Wildman–Crippen MR) is 104 cm³/mol. The number of carbonyl (C=O) groups is 1. The van der Waals surface area contributed by atoms with Crippen molar-refractivity contribution in [2.75, 3.05) is 23.9 Å². The summed E-state index contributed by atoms with van der Waals surface area (Å²) >= 11 is 0. The molecule has 144 valence electrons. The third-order valence-corrected chi connectivity index (χ3v) is 7.63. The summed E-state index contributed by atoms with van der Waals surface area (Å²) in [6, 6.07) is 9.32. The Hall–Kier alpha value is -2.94. The van der Waals surface area contributed by atoms with Gasteiger partial charge in [0, 0.05) is 32.0 Å². The summed E-state index contributed by atoms with van der Waals surface area (Å²) < 4.78 is 29.2. The maximum Gasteiger partial charge on any atom is 0.259 e. The number of hydrogen-bond donors (Lipinski definition) is 0. The van der Waals surface area contributed by atoms with Gasteiger partial charge in [-0.25, -0.2) is 17.9 Å². The summed E-state index contributed by atoms with van der Waals surface area (Å²) in [7, 11) is -3.50. The molecular formula is C19H19N5O3S. The second-order valence-corrected chi connectivity index (χ2v) is 9.31. The minimum atomic E-state index is -3.50. The summed E-state index contributed by atoms with van der Waals surface area (Å²) in [6.07, 6.45) is 4.07. The number of fused-ring (bicyclic) bond motifs is 2. The van der Waals surface area contributed by atoms with Gasteiger partial charge < -0.3 is 4.90 Å². The SMILES string of the molecule is Cc1nn2cccnc2c1C(=O)N1CC(S(=O)(=O)N2CCc3ccccc32)C1. The fraction of sp³-hybridized carbons (Fsp3) is 0.316. The molecule has 3 aromatic rings. The first-order valence-corrected chi connectivity index (χ1v) is 10.7. The van der Waals surface area contributed by atoms with Gasteiger partial charge >= 0.3 is 0 Å². The van der Waals surface area contributed by atoms with Crippen LogP contribution in [0.15, 0.2) is 42.7 Å². The molecule has 8 nitrogen and oxygen atoms in total. The van der Waals surface area contributed by atoms with E-state index in [1.54, 1.807) is 34.8 Å². The Balaban J connectivity index is 1.36.